The SMILES string of the molecule is C1=C[CH]([Zr]2([CH]3C=Cc4ccccc43)[CH2][CH2]2)c2ccccc21.CNC.CNC. The van der Waals surface area contributed by atoms with E-state index in [1.165, 1.54) is 11.1 Å². The van der Waals surface area contributed by atoms with Crippen LogP contribution in [0.25, 0.3) is 12.2 Å². The molecule has 0 radical (unpaired) electrons. The maximum Gasteiger partial charge on any atom is -0.0167 e. The van der Waals surface area contributed by atoms with E-state index in [4.69, 9.17) is 0 Å². The number of hydrogen-bond acceptors (Lipinski definition) is 2. The van der Waals surface area contributed by atoms with Gasteiger partial charge < -0.3 is 10.6 Å². The first kappa shape index (κ1) is 20.5. The van der Waals surface area contributed by atoms with Gasteiger partial charge in [0.15, 0.2) is 0 Å². The van der Waals surface area contributed by atoms with Gasteiger partial charge in [0.2, 0.25) is 0 Å². The third-order valence-electron chi connectivity index (χ3n) is 5.66. The van der Waals surface area contributed by atoms with E-state index in [2.05, 4.69) is 83.5 Å². The van der Waals surface area contributed by atoms with Crippen molar-refractivity contribution in [2.24, 2.45) is 0 Å². The maximum absolute atomic E-state index is 2.75. The van der Waals surface area contributed by atoms with Gasteiger partial charge in [-0.3, -0.25) is 0 Å². The van der Waals surface area contributed by atoms with E-state index >= 15 is 0 Å². The fraction of sp³-hybridized carbons (Fsp3) is 0.333. The summed E-state index contributed by atoms with van der Waals surface area (Å²) in [5.41, 5.74) is 6.20. The van der Waals surface area contributed by atoms with Crippen LogP contribution in [0, 0.1) is 0 Å². The van der Waals surface area contributed by atoms with Gasteiger partial charge in [-0.05, 0) is 28.2 Å². The average Bonchev–Trinajstić information content (AvgIpc) is 3.17. The molecule has 1 saturated heterocycles. The van der Waals surface area contributed by atoms with Gasteiger partial charge in [0.1, 0.15) is 0 Å². The second-order valence-corrected chi connectivity index (χ2v) is 19.2. The van der Waals surface area contributed by atoms with Gasteiger partial charge in [0.25, 0.3) is 0 Å². The summed E-state index contributed by atoms with van der Waals surface area (Å²) < 4.78 is 4.72. The Morgan fingerprint density at radius 3 is 1.41 bits per heavy atom. The monoisotopic (exact) mass is 438 g/mol. The zero-order chi connectivity index (χ0) is 19.3. The molecule has 3 heteroatoms. The predicted molar refractivity (Wildman–Crippen MR) is 116 cm³/mol. The second-order valence-electron chi connectivity index (χ2n) is 7.66. The molecule has 5 rings (SSSR count). The number of allylic oxidation sites excluding steroid dienone is 2. The summed E-state index contributed by atoms with van der Waals surface area (Å²) in [6.07, 6.45) is 9.84. The molecule has 1 heterocycles. The predicted octanol–water partition coefficient (Wildman–Crippen LogP) is 5.20. The van der Waals surface area contributed by atoms with E-state index in [9.17, 15) is 0 Å². The Bertz CT molecular complexity index is 755. The molecule has 142 valence electrons. The first-order chi connectivity index (χ1) is 13.2. The maximum atomic E-state index is 2.75. The summed E-state index contributed by atoms with van der Waals surface area (Å²) in [4.78, 5) is 0. The Morgan fingerprint density at radius 2 is 1.04 bits per heavy atom. The topological polar surface area (TPSA) is 24.1 Å². The zero-order valence-corrected chi connectivity index (χ0v) is 19.5. The fourth-order valence-electron chi connectivity index (χ4n) is 4.46. The van der Waals surface area contributed by atoms with Crippen LogP contribution in [0.15, 0.2) is 60.7 Å². The van der Waals surface area contributed by atoms with Crippen LogP contribution in [0.4, 0.5) is 0 Å². The molecule has 27 heavy (non-hydrogen) atoms. The van der Waals surface area contributed by atoms with Gasteiger partial charge in [-0.1, -0.05) is 0 Å². The van der Waals surface area contributed by atoms with Gasteiger partial charge in [-0.25, -0.2) is 0 Å². The largest absolute Gasteiger partial charge is 0.323 e. The van der Waals surface area contributed by atoms with Crippen molar-refractivity contribution in [2.75, 3.05) is 28.2 Å². The molecule has 1 fully saturated rings. The van der Waals surface area contributed by atoms with Crippen LogP contribution in [-0.4, -0.2) is 28.2 Å². The minimum Gasteiger partial charge on any atom is -0.323 e. The molecule has 2 aromatic rings. The summed E-state index contributed by atoms with van der Waals surface area (Å²) >= 11 is -2.13. The van der Waals surface area contributed by atoms with Gasteiger partial charge in [-0.2, -0.15) is 0 Å². The van der Waals surface area contributed by atoms with Crippen molar-refractivity contribution in [3.05, 3.63) is 82.9 Å². The molecule has 0 amide bonds. The molecule has 1 aliphatic heterocycles. The summed E-state index contributed by atoms with van der Waals surface area (Å²) in [7, 11) is 7.50. The Hall–Kier alpha value is -1.28. The van der Waals surface area contributed by atoms with Crippen molar-refractivity contribution in [1.29, 1.82) is 0 Å². The molecule has 0 saturated carbocycles. The molecule has 0 bridgehead atoms. The quantitative estimate of drug-likeness (QED) is 0.672. The second kappa shape index (κ2) is 9.28. The van der Waals surface area contributed by atoms with Crippen LogP contribution in [0.3, 0.4) is 0 Å². The Labute approximate surface area is 169 Å². The molecule has 2 aliphatic carbocycles. The molecule has 0 aromatic heterocycles. The molecule has 2 atom stereocenters. The summed E-state index contributed by atoms with van der Waals surface area (Å²) in [6.45, 7) is 0. The molecule has 2 unspecified atom stereocenters. The van der Waals surface area contributed by atoms with Crippen LogP contribution in [0.1, 0.15) is 29.5 Å². The standard InChI is InChI=1S/2C9H7.2C2H7N.C2H4.Zr/c2*1-2-5-9-7-3-6-8(9)4-1;2*1-3-2;1-2;/h2*1-7H;2*3H,1-2H3;1-2H2;. The van der Waals surface area contributed by atoms with Gasteiger partial charge in [0.05, 0.1) is 0 Å². The summed E-state index contributed by atoms with van der Waals surface area (Å²) in [6, 6.07) is 18.1. The molecular formula is C24H32N2Zr. The number of nitrogens with one attached hydrogen (secondary N) is 2. The fourth-order valence-corrected chi connectivity index (χ4v) is 20.1. The van der Waals surface area contributed by atoms with Crippen LogP contribution in [-0.2, 0) is 20.3 Å². The van der Waals surface area contributed by atoms with Gasteiger partial charge in [-0.15, -0.1) is 0 Å². The third-order valence-corrected chi connectivity index (χ3v) is 18.3. The Kier molecular flexibility index (Phi) is 7.03. The molecular weight excluding hydrogens is 408 g/mol. The average molecular weight is 440 g/mol. The van der Waals surface area contributed by atoms with E-state index in [1.807, 2.05) is 28.2 Å². The molecule has 2 aromatic carbocycles. The van der Waals surface area contributed by atoms with Crippen molar-refractivity contribution in [3.8, 4) is 0 Å². The number of hydrogen-bond donors (Lipinski definition) is 2. The van der Waals surface area contributed by atoms with Crippen LogP contribution >= 0.6 is 0 Å². The van der Waals surface area contributed by atoms with Crippen LogP contribution in [0.5, 0.6) is 0 Å². The number of benzene rings is 2. The van der Waals surface area contributed by atoms with E-state index in [0.717, 1.165) is 7.25 Å². The van der Waals surface area contributed by atoms with E-state index in [1.54, 1.807) is 19.4 Å². The van der Waals surface area contributed by atoms with Crippen LogP contribution in [0.2, 0.25) is 8.26 Å². The first-order valence-electron chi connectivity index (χ1n) is 9.93. The van der Waals surface area contributed by atoms with Crippen molar-refractivity contribution < 1.29 is 20.3 Å². The van der Waals surface area contributed by atoms with E-state index in [-0.39, 0.29) is 0 Å². The molecule has 2 nitrogen and oxygen atoms in total. The normalized spacial score (nSPS) is 22.1. The van der Waals surface area contributed by atoms with E-state index in [0.29, 0.717) is 0 Å². The van der Waals surface area contributed by atoms with Crippen molar-refractivity contribution in [2.45, 2.75) is 15.5 Å². The first-order valence-corrected chi connectivity index (χ1v) is 16.2. The van der Waals surface area contributed by atoms with E-state index < -0.39 is 20.3 Å². The molecule has 3 aliphatic rings. The third kappa shape index (κ3) is 4.11. The van der Waals surface area contributed by atoms with Crippen molar-refractivity contribution >= 4 is 12.2 Å². The minimum atomic E-state index is -2.13. The smallest absolute Gasteiger partial charge is 0.0167 e. The minimum absolute atomic E-state index is 0.802. The number of fused-ring (bicyclic) bond motifs is 2. The van der Waals surface area contributed by atoms with Crippen molar-refractivity contribution in [1.82, 2.24) is 10.6 Å². The summed E-state index contributed by atoms with van der Waals surface area (Å²) in [5, 5.41) is 5.50. The zero-order valence-electron chi connectivity index (χ0n) is 17.0. The Morgan fingerprint density at radius 1 is 0.667 bits per heavy atom. The summed E-state index contributed by atoms with van der Waals surface area (Å²) in [5.74, 6) is 0. The molecule has 2 N–H and O–H groups in total. The Balaban J connectivity index is 0.000000314. The molecule has 0 spiro atoms. The van der Waals surface area contributed by atoms with Gasteiger partial charge >= 0.3 is 131 Å². The number of rotatable bonds is 2. The van der Waals surface area contributed by atoms with Gasteiger partial charge in [0, 0.05) is 0 Å². The van der Waals surface area contributed by atoms with Crippen LogP contribution < -0.4 is 10.6 Å². The van der Waals surface area contributed by atoms with Crippen molar-refractivity contribution in [3.63, 3.8) is 0 Å².